The van der Waals surface area contributed by atoms with Crippen LogP contribution in [0.4, 0.5) is 14.9 Å². The summed E-state index contributed by atoms with van der Waals surface area (Å²) in [6.45, 7) is 0.333. The Morgan fingerprint density at radius 3 is 2.81 bits per heavy atom. The standard InChI is InChI=1S/C22H17FN4O4/c23-18-9-15(27-11-16(31-21(27)28)12-29-20-5-8-30-26-20)2-3-17(18)14-1-4-19(25-10-14)22(13-24)6-7-22/h1-5,8-10,16H,6-7,11-12H2/t16-/m1/s1. The Bertz CT molecular complexity index is 1150. The van der Waals surface area contributed by atoms with E-state index < -0.39 is 23.4 Å². The van der Waals surface area contributed by atoms with Crippen molar-refractivity contribution >= 4 is 11.8 Å². The van der Waals surface area contributed by atoms with Crippen LogP contribution >= 0.6 is 0 Å². The van der Waals surface area contributed by atoms with E-state index in [-0.39, 0.29) is 13.2 Å². The van der Waals surface area contributed by atoms with E-state index >= 15 is 0 Å². The first-order chi connectivity index (χ1) is 15.1. The second-order valence-electron chi connectivity index (χ2n) is 7.56. The average molecular weight is 420 g/mol. The van der Waals surface area contributed by atoms with E-state index in [1.165, 1.54) is 17.2 Å². The lowest BCUT2D eigenvalue weighted by Gasteiger charge is -2.14. The molecule has 1 aliphatic carbocycles. The molecule has 2 fully saturated rings. The third-order valence-electron chi connectivity index (χ3n) is 5.50. The molecule has 5 rings (SSSR count). The highest BCUT2D eigenvalue weighted by atomic mass is 19.1. The monoisotopic (exact) mass is 420 g/mol. The highest BCUT2D eigenvalue weighted by molar-refractivity contribution is 5.90. The van der Waals surface area contributed by atoms with Crippen molar-refractivity contribution in [3.05, 3.63) is 60.4 Å². The van der Waals surface area contributed by atoms with E-state index in [0.29, 0.717) is 22.7 Å². The second kappa shape index (κ2) is 7.40. The van der Waals surface area contributed by atoms with Crippen molar-refractivity contribution in [2.75, 3.05) is 18.1 Å². The summed E-state index contributed by atoms with van der Waals surface area (Å²) in [6.07, 6.45) is 3.47. The zero-order valence-corrected chi connectivity index (χ0v) is 16.3. The Morgan fingerprint density at radius 2 is 2.16 bits per heavy atom. The van der Waals surface area contributed by atoms with Crippen LogP contribution in [0.1, 0.15) is 18.5 Å². The van der Waals surface area contributed by atoms with Crippen molar-refractivity contribution in [2.45, 2.75) is 24.4 Å². The van der Waals surface area contributed by atoms with Gasteiger partial charge < -0.3 is 14.0 Å². The van der Waals surface area contributed by atoms with Gasteiger partial charge in [0.1, 0.15) is 18.7 Å². The lowest BCUT2D eigenvalue weighted by Crippen LogP contribution is -2.26. The van der Waals surface area contributed by atoms with Crippen LogP contribution < -0.4 is 9.64 Å². The lowest BCUT2D eigenvalue weighted by atomic mass is 10.0. The highest BCUT2D eigenvalue weighted by Gasteiger charge is 2.46. The van der Waals surface area contributed by atoms with Gasteiger partial charge in [-0.05, 0) is 42.3 Å². The normalized spacial score (nSPS) is 19.0. The molecule has 0 bridgehead atoms. The van der Waals surface area contributed by atoms with Crippen LogP contribution in [0, 0.1) is 17.1 Å². The summed E-state index contributed by atoms with van der Waals surface area (Å²) in [4.78, 5) is 18.0. The Kier molecular flexibility index (Phi) is 4.55. The number of ether oxygens (including phenoxy) is 2. The first-order valence-electron chi connectivity index (χ1n) is 9.77. The SMILES string of the molecule is N#CC1(c2ccc(-c3ccc(N4C[C@H](COc5ccon5)OC4=O)cc3F)cn2)CC1. The fourth-order valence-electron chi connectivity index (χ4n) is 3.57. The number of hydrogen-bond donors (Lipinski definition) is 0. The quantitative estimate of drug-likeness (QED) is 0.597. The van der Waals surface area contributed by atoms with E-state index in [9.17, 15) is 14.4 Å². The fourth-order valence-corrected chi connectivity index (χ4v) is 3.57. The number of aromatic nitrogens is 2. The zero-order chi connectivity index (χ0) is 21.4. The van der Waals surface area contributed by atoms with Gasteiger partial charge in [-0.3, -0.25) is 9.88 Å². The minimum Gasteiger partial charge on any atom is -0.471 e. The largest absolute Gasteiger partial charge is 0.471 e. The number of hydrogen-bond acceptors (Lipinski definition) is 7. The molecule has 1 saturated heterocycles. The van der Waals surface area contributed by atoms with Crippen molar-refractivity contribution in [1.29, 1.82) is 5.26 Å². The van der Waals surface area contributed by atoms with Crippen LogP contribution in [0.25, 0.3) is 11.1 Å². The van der Waals surface area contributed by atoms with Crippen LogP contribution in [0.15, 0.2) is 53.4 Å². The van der Waals surface area contributed by atoms with Crippen molar-refractivity contribution < 1.29 is 23.2 Å². The third-order valence-corrected chi connectivity index (χ3v) is 5.50. The second-order valence-corrected chi connectivity index (χ2v) is 7.56. The zero-order valence-electron chi connectivity index (χ0n) is 16.3. The van der Waals surface area contributed by atoms with Crippen molar-refractivity contribution in [2.24, 2.45) is 0 Å². The van der Waals surface area contributed by atoms with Gasteiger partial charge in [0.15, 0.2) is 6.10 Å². The van der Waals surface area contributed by atoms with Gasteiger partial charge in [0.25, 0.3) is 5.88 Å². The summed E-state index contributed by atoms with van der Waals surface area (Å²) < 4.78 is 30.2. The summed E-state index contributed by atoms with van der Waals surface area (Å²) in [7, 11) is 0. The summed E-state index contributed by atoms with van der Waals surface area (Å²) in [6, 6.07) is 11.9. The molecule has 9 heteroatoms. The molecular weight excluding hydrogens is 403 g/mol. The number of carbonyl (C=O) groups excluding carboxylic acids is 1. The smallest absolute Gasteiger partial charge is 0.414 e. The molecule has 1 saturated carbocycles. The molecule has 0 radical (unpaired) electrons. The highest BCUT2D eigenvalue weighted by Crippen LogP contribution is 2.46. The molecular formula is C22H17FN4O4. The Hall–Kier alpha value is -3.93. The summed E-state index contributed by atoms with van der Waals surface area (Å²) in [5.41, 5.74) is 1.59. The fraction of sp³-hybridized carbons (Fsp3) is 0.273. The molecule has 2 aliphatic rings. The first-order valence-corrected chi connectivity index (χ1v) is 9.77. The Labute approximate surface area is 176 Å². The number of nitriles is 1. The van der Waals surface area contributed by atoms with Gasteiger partial charge in [0, 0.05) is 23.4 Å². The molecule has 0 N–H and O–H groups in total. The molecule has 1 amide bonds. The van der Waals surface area contributed by atoms with E-state index in [1.807, 2.05) is 0 Å². The van der Waals surface area contributed by atoms with Gasteiger partial charge in [0.2, 0.25) is 0 Å². The maximum atomic E-state index is 14.9. The van der Waals surface area contributed by atoms with Crippen molar-refractivity contribution in [1.82, 2.24) is 10.1 Å². The van der Waals surface area contributed by atoms with Crippen LogP contribution in [0.3, 0.4) is 0 Å². The number of cyclic esters (lactones) is 1. The van der Waals surface area contributed by atoms with Crippen LogP contribution in [0.5, 0.6) is 5.88 Å². The number of pyridine rings is 1. The molecule has 3 aromatic rings. The van der Waals surface area contributed by atoms with Crippen LogP contribution in [0.2, 0.25) is 0 Å². The number of rotatable bonds is 6. The maximum absolute atomic E-state index is 14.9. The van der Waals surface area contributed by atoms with Crippen molar-refractivity contribution in [3.8, 4) is 23.1 Å². The molecule has 8 nitrogen and oxygen atoms in total. The van der Waals surface area contributed by atoms with E-state index in [2.05, 4.69) is 20.7 Å². The van der Waals surface area contributed by atoms with Gasteiger partial charge in [-0.25, -0.2) is 9.18 Å². The molecule has 1 aromatic carbocycles. The minimum absolute atomic E-state index is 0.109. The van der Waals surface area contributed by atoms with Crippen LogP contribution in [-0.4, -0.2) is 35.5 Å². The molecule has 2 aromatic heterocycles. The maximum Gasteiger partial charge on any atom is 0.414 e. The summed E-state index contributed by atoms with van der Waals surface area (Å²) in [5.74, 6) is -0.185. The molecule has 0 spiro atoms. The van der Waals surface area contributed by atoms with Gasteiger partial charge in [-0.1, -0.05) is 6.07 Å². The number of anilines is 1. The number of carbonyl (C=O) groups is 1. The van der Waals surface area contributed by atoms with Gasteiger partial charge >= 0.3 is 6.09 Å². The Morgan fingerprint density at radius 1 is 1.29 bits per heavy atom. The van der Waals surface area contributed by atoms with E-state index in [0.717, 1.165) is 18.5 Å². The first kappa shape index (κ1) is 19.1. The molecule has 1 aliphatic heterocycles. The average Bonchev–Trinajstić information content (AvgIpc) is 3.23. The third kappa shape index (κ3) is 3.57. The van der Waals surface area contributed by atoms with Gasteiger partial charge in [-0.2, -0.15) is 5.26 Å². The number of nitrogens with zero attached hydrogens (tertiary/aromatic N) is 4. The minimum atomic E-state index is -0.571. The lowest BCUT2D eigenvalue weighted by molar-refractivity contribution is 0.102. The Balaban J connectivity index is 1.29. The van der Waals surface area contributed by atoms with Gasteiger partial charge in [-0.15, -0.1) is 0 Å². The van der Waals surface area contributed by atoms with Crippen LogP contribution in [-0.2, 0) is 10.2 Å². The van der Waals surface area contributed by atoms with Crippen molar-refractivity contribution in [3.63, 3.8) is 0 Å². The summed E-state index contributed by atoms with van der Waals surface area (Å²) >= 11 is 0. The molecule has 31 heavy (non-hydrogen) atoms. The molecule has 0 unspecified atom stereocenters. The number of benzene rings is 1. The van der Waals surface area contributed by atoms with E-state index in [1.54, 1.807) is 36.5 Å². The van der Waals surface area contributed by atoms with E-state index in [4.69, 9.17) is 9.47 Å². The molecule has 1 atom stereocenters. The van der Waals surface area contributed by atoms with Gasteiger partial charge in [0.05, 0.1) is 29.4 Å². The predicted octanol–water partition coefficient (Wildman–Crippen LogP) is 3.84. The predicted molar refractivity (Wildman–Crippen MR) is 106 cm³/mol. The molecule has 3 heterocycles. The topological polar surface area (TPSA) is 101 Å². The molecule has 156 valence electrons. The number of amides is 1. The number of halogens is 1. The summed E-state index contributed by atoms with van der Waals surface area (Å²) in [5, 5.41) is 12.9.